The molecule has 0 spiro atoms. The number of H-pyrrole nitrogens is 1. The molecule has 2 atom stereocenters. The van der Waals surface area contributed by atoms with E-state index in [9.17, 15) is 9.59 Å². The number of carbonyl (C=O) groups excluding carboxylic acids is 1. The largest absolute Gasteiger partial charge is 0.395 e. The Balaban J connectivity index is 2.79. The smallest absolute Gasteiger partial charge is 0.260 e. The summed E-state index contributed by atoms with van der Waals surface area (Å²) >= 11 is 1.47. The Morgan fingerprint density at radius 2 is 2.22 bits per heavy atom. The van der Waals surface area contributed by atoms with E-state index in [-0.39, 0.29) is 23.5 Å². The van der Waals surface area contributed by atoms with E-state index in [0.29, 0.717) is 5.69 Å². The molecule has 0 aliphatic carbocycles. The van der Waals surface area contributed by atoms with Crippen LogP contribution in [0.15, 0.2) is 16.9 Å². The molecule has 5 nitrogen and oxygen atoms in total. The first kappa shape index (κ1) is 14.8. The fourth-order valence-electron chi connectivity index (χ4n) is 1.57. The molecule has 0 aliphatic heterocycles. The van der Waals surface area contributed by atoms with Gasteiger partial charge in [-0.3, -0.25) is 9.59 Å². The van der Waals surface area contributed by atoms with Gasteiger partial charge in [0.25, 0.3) is 11.5 Å². The summed E-state index contributed by atoms with van der Waals surface area (Å²) in [7, 11) is 0. The number of thioether (sulfide) groups is 1. The standard InChI is InChI=1S/C12H18N2O3S/c1-7-4-5-9(11(16)13-7)12(17)14-8(2)10(6-15)18-3/h4-5,8,10,15H,6H2,1-3H3,(H,13,16)(H,14,17). The number of hydrogen-bond donors (Lipinski definition) is 3. The molecule has 6 heteroatoms. The molecule has 0 radical (unpaired) electrons. The van der Waals surface area contributed by atoms with Crippen molar-refractivity contribution < 1.29 is 9.90 Å². The lowest BCUT2D eigenvalue weighted by Crippen LogP contribution is -2.42. The molecule has 1 heterocycles. The number of amides is 1. The molecule has 0 fully saturated rings. The van der Waals surface area contributed by atoms with Crippen molar-refractivity contribution in [1.29, 1.82) is 0 Å². The number of aliphatic hydroxyl groups excluding tert-OH is 1. The van der Waals surface area contributed by atoms with Crippen LogP contribution >= 0.6 is 11.8 Å². The number of hydrogen-bond acceptors (Lipinski definition) is 4. The summed E-state index contributed by atoms with van der Waals surface area (Å²) in [5.41, 5.74) is 0.400. The number of aryl methyl sites for hydroxylation is 1. The highest BCUT2D eigenvalue weighted by atomic mass is 32.2. The molecule has 0 saturated heterocycles. The van der Waals surface area contributed by atoms with E-state index in [0.717, 1.165) is 0 Å². The van der Waals surface area contributed by atoms with Gasteiger partial charge in [0.1, 0.15) is 5.56 Å². The van der Waals surface area contributed by atoms with Gasteiger partial charge < -0.3 is 15.4 Å². The normalized spacial score (nSPS) is 14.0. The molecular formula is C12H18N2O3S. The van der Waals surface area contributed by atoms with Crippen LogP contribution in [0.3, 0.4) is 0 Å². The van der Waals surface area contributed by atoms with Crippen molar-refractivity contribution in [3.05, 3.63) is 33.7 Å². The van der Waals surface area contributed by atoms with Crippen molar-refractivity contribution in [2.24, 2.45) is 0 Å². The minimum Gasteiger partial charge on any atom is -0.395 e. The average Bonchev–Trinajstić information content (AvgIpc) is 2.30. The summed E-state index contributed by atoms with van der Waals surface area (Å²) in [6, 6.07) is 2.97. The second-order valence-corrected chi connectivity index (χ2v) is 5.18. The highest BCUT2D eigenvalue weighted by Gasteiger charge is 2.19. The summed E-state index contributed by atoms with van der Waals surface area (Å²) in [6.07, 6.45) is 1.86. The van der Waals surface area contributed by atoms with E-state index in [1.165, 1.54) is 17.8 Å². The molecule has 0 aliphatic rings. The summed E-state index contributed by atoms with van der Waals surface area (Å²) in [5, 5.41) is 11.8. The van der Waals surface area contributed by atoms with Crippen LogP contribution in [0.1, 0.15) is 23.0 Å². The number of aromatic amines is 1. The lowest BCUT2D eigenvalue weighted by Gasteiger charge is -2.21. The monoisotopic (exact) mass is 270 g/mol. The lowest BCUT2D eigenvalue weighted by molar-refractivity contribution is 0.0934. The van der Waals surface area contributed by atoms with Crippen molar-refractivity contribution in [2.45, 2.75) is 25.1 Å². The van der Waals surface area contributed by atoms with Crippen LogP contribution in [0.4, 0.5) is 0 Å². The first-order valence-electron chi connectivity index (χ1n) is 5.64. The van der Waals surface area contributed by atoms with Crippen LogP contribution in [-0.2, 0) is 0 Å². The number of pyridine rings is 1. The first-order valence-corrected chi connectivity index (χ1v) is 6.92. The Morgan fingerprint density at radius 1 is 1.56 bits per heavy atom. The van der Waals surface area contributed by atoms with Gasteiger partial charge in [-0.1, -0.05) is 0 Å². The Kier molecular flexibility index (Phi) is 5.43. The van der Waals surface area contributed by atoms with E-state index in [1.54, 1.807) is 19.9 Å². The summed E-state index contributed by atoms with van der Waals surface area (Å²) in [4.78, 5) is 26.1. The quantitative estimate of drug-likeness (QED) is 0.729. The Bertz CT molecular complexity index is 469. The van der Waals surface area contributed by atoms with Crippen LogP contribution in [0.2, 0.25) is 0 Å². The fourth-order valence-corrected chi connectivity index (χ4v) is 2.19. The van der Waals surface area contributed by atoms with Gasteiger partial charge in [0.05, 0.1) is 6.61 Å². The van der Waals surface area contributed by atoms with Crippen LogP contribution in [0.25, 0.3) is 0 Å². The lowest BCUT2D eigenvalue weighted by atomic mass is 10.2. The predicted molar refractivity (Wildman–Crippen MR) is 73.1 cm³/mol. The van der Waals surface area contributed by atoms with E-state index in [1.807, 2.05) is 6.26 Å². The van der Waals surface area contributed by atoms with Crippen molar-refractivity contribution in [1.82, 2.24) is 10.3 Å². The molecule has 0 saturated carbocycles. The van der Waals surface area contributed by atoms with E-state index < -0.39 is 11.5 Å². The molecule has 3 N–H and O–H groups in total. The van der Waals surface area contributed by atoms with Gasteiger partial charge in [-0.15, -0.1) is 0 Å². The zero-order valence-corrected chi connectivity index (χ0v) is 11.5. The molecule has 1 rings (SSSR count). The highest BCUT2D eigenvalue weighted by Crippen LogP contribution is 2.10. The Labute approximate surface area is 110 Å². The van der Waals surface area contributed by atoms with Gasteiger partial charge in [-0.25, -0.2) is 0 Å². The predicted octanol–water partition coefficient (Wildman–Crippen LogP) is 0.526. The minimum absolute atomic E-state index is 0.0210. The first-order chi connectivity index (χ1) is 8.49. The molecule has 1 amide bonds. The molecule has 18 heavy (non-hydrogen) atoms. The third-order valence-corrected chi connectivity index (χ3v) is 3.86. The van der Waals surface area contributed by atoms with Gasteiger partial charge in [0.2, 0.25) is 0 Å². The maximum Gasteiger partial charge on any atom is 0.260 e. The van der Waals surface area contributed by atoms with Gasteiger partial charge in [0.15, 0.2) is 0 Å². The van der Waals surface area contributed by atoms with Gasteiger partial charge in [0, 0.05) is 17.0 Å². The second-order valence-electron chi connectivity index (χ2n) is 4.10. The van der Waals surface area contributed by atoms with Crippen LogP contribution in [-0.4, -0.2) is 40.2 Å². The summed E-state index contributed by atoms with van der Waals surface area (Å²) in [6.45, 7) is 3.53. The van der Waals surface area contributed by atoms with Gasteiger partial charge in [-0.05, 0) is 32.2 Å². The Hall–Kier alpha value is -1.27. The van der Waals surface area contributed by atoms with Gasteiger partial charge >= 0.3 is 0 Å². The maximum absolute atomic E-state index is 11.9. The third kappa shape index (κ3) is 3.61. The highest BCUT2D eigenvalue weighted by molar-refractivity contribution is 7.99. The molecule has 100 valence electrons. The van der Waals surface area contributed by atoms with Crippen LogP contribution in [0.5, 0.6) is 0 Å². The molecule has 0 aromatic carbocycles. The third-order valence-electron chi connectivity index (χ3n) is 2.70. The SMILES string of the molecule is CSC(CO)C(C)NC(=O)c1ccc(C)[nH]c1=O. The molecular weight excluding hydrogens is 252 g/mol. The number of nitrogens with one attached hydrogen (secondary N) is 2. The van der Waals surface area contributed by atoms with Crippen molar-refractivity contribution in [3.63, 3.8) is 0 Å². The fraction of sp³-hybridized carbons (Fsp3) is 0.500. The maximum atomic E-state index is 11.9. The second kappa shape index (κ2) is 6.61. The number of rotatable bonds is 5. The van der Waals surface area contributed by atoms with Crippen LogP contribution in [0, 0.1) is 6.92 Å². The molecule has 0 bridgehead atoms. The van der Waals surface area contributed by atoms with E-state index in [4.69, 9.17) is 5.11 Å². The summed E-state index contributed by atoms with van der Waals surface area (Å²) in [5.74, 6) is -0.420. The topological polar surface area (TPSA) is 82.2 Å². The zero-order valence-electron chi connectivity index (χ0n) is 10.7. The van der Waals surface area contributed by atoms with Crippen molar-refractivity contribution >= 4 is 17.7 Å². The van der Waals surface area contributed by atoms with E-state index >= 15 is 0 Å². The molecule has 1 aromatic rings. The molecule has 1 aromatic heterocycles. The molecule has 2 unspecified atom stereocenters. The Morgan fingerprint density at radius 3 is 2.72 bits per heavy atom. The van der Waals surface area contributed by atoms with Crippen molar-refractivity contribution in [2.75, 3.05) is 12.9 Å². The minimum atomic E-state index is -0.420. The number of carbonyl (C=O) groups is 1. The average molecular weight is 270 g/mol. The number of aliphatic hydroxyl groups is 1. The summed E-state index contributed by atoms with van der Waals surface area (Å²) < 4.78 is 0. The zero-order chi connectivity index (χ0) is 13.7. The van der Waals surface area contributed by atoms with E-state index in [2.05, 4.69) is 10.3 Å². The number of aromatic nitrogens is 1. The van der Waals surface area contributed by atoms with Crippen molar-refractivity contribution in [3.8, 4) is 0 Å². The van der Waals surface area contributed by atoms with Crippen LogP contribution < -0.4 is 10.9 Å². The van der Waals surface area contributed by atoms with Gasteiger partial charge in [-0.2, -0.15) is 11.8 Å².